The summed E-state index contributed by atoms with van der Waals surface area (Å²) in [5, 5.41) is 15.1. The fourth-order valence-corrected chi connectivity index (χ4v) is 2.28. The monoisotopic (exact) mass is 349 g/mol. The summed E-state index contributed by atoms with van der Waals surface area (Å²) < 4.78 is 0. The average Bonchev–Trinajstić information content (AvgIpc) is 2.62. The minimum absolute atomic E-state index is 0.214. The van der Waals surface area contributed by atoms with Crippen LogP contribution >= 0.6 is 11.6 Å². The van der Waals surface area contributed by atoms with Crippen LogP contribution in [0.2, 0.25) is 5.02 Å². The van der Waals surface area contributed by atoms with Crippen LogP contribution in [0, 0.1) is 11.3 Å². The molecule has 0 saturated carbocycles. The molecule has 0 aliphatic carbocycles. The number of nitrogens with zero attached hydrogens (tertiary/aromatic N) is 3. The maximum Gasteiger partial charge on any atom is 0.274 e. The molecule has 7 heteroatoms. The van der Waals surface area contributed by atoms with E-state index in [0.29, 0.717) is 22.1 Å². The summed E-state index contributed by atoms with van der Waals surface area (Å²) in [5.74, 6) is 0.100. The minimum Gasteiger partial charge on any atom is -0.340 e. The van der Waals surface area contributed by atoms with E-state index in [4.69, 9.17) is 16.9 Å². The van der Waals surface area contributed by atoms with Gasteiger partial charge in [-0.25, -0.2) is 9.97 Å². The fourth-order valence-electron chi connectivity index (χ4n) is 2.09. The van der Waals surface area contributed by atoms with E-state index in [1.165, 1.54) is 12.4 Å². The Hall–Kier alpha value is -3.43. The zero-order valence-electron chi connectivity index (χ0n) is 12.9. The largest absolute Gasteiger partial charge is 0.340 e. The van der Waals surface area contributed by atoms with Crippen molar-refractivity contribution in [2.45, 2.75) is 0 Å². The van der Waals surface area contributed by atoms with Gasteiger partial charge in [-0.1, -0.05) is 17.7 Å². The SMILES string of the molecule is N#Cc1ccc(Nc2cc(C(=O)Nc3cccc(Cl)c3)ncn2)cc1. The molecule has 2 aromatic carbocycles. The number of nitrogens with one attached hydrogen (secondary N) is 2. The maximum absolute atomic E-state index is 12.3. The number of nitriles is 1. The van der Waals surface area contributed by atoms with Crippen LogP contribution in [0.3, 0.4) is 0 Å². The summed E-state index contributed by atoms with van der Waals surface area (Å²) in [5.41, 5.74) is 2.11. The highest BCUT2D eigenvalue weighted by molar-refractivity contribution is 6.30. The molecule has 0 spiro atoms. The van der Waals surface area contributed by atoms with Crippen LogP contribution < -0.4 is 10.6 Å². The molecule has 3 aromatic rings. The average molecular weight is 350 g/mol. The highest BCUT2D eigenvalue weighted by Gasteiger charge is 2.09. The van der Waals surface area contributed by atoms with E-state index in [0.717, 1.165) is 5.69 Å². The molecule has 1 aromatic heterocycles. The standard InChI is InChI=1S/C18H12ClN5O/c19-13-2-1-3-15(8-13)24-18(25)16-9-17(22-11-21-16)23-14-6-4-12(10-20)5-7-14/h1-9,11H,(H,24,25)(H,21,22,23). The van der Waals surface area contributed by atoms with Gasteiger partial charge >= 0.3 is 0 Å². The van der Waals surface area contributed by atoms with Crippen LogP contribution in [0.25, 0.3) is 0 Å². The highest BCUT2D eigenvalue weighted by Crippen LogP contribution is 2.17. The molecular weight excluding hydrogens is 338 g/mol. The molecule has 122 valence electrons. The van der Waals surface area contributed by atoms with Crippen LogP contribution in [-0.4, -0.2) is 15.9 Å². The Bertz CT molecular complexity index is 950. The molecule has 25 heavy (non-hydrogen) atoms. The van der Waals surface area contributed by atoms with Gasteiger partial charge in [-0.15, -0.1) is 0 Å². The van der Waals surface area contributed by atoms with Crippen LogP contribution in [-0.2, 0) is 0 Å². The summed E-state index contributed by atoms with van der Waals surface area (Å²) in [6.45, 7) is 0. The third kappa shape index (κ3) is 4.31. The molecule has 1 amide bonds. The Balaban J connectivity index is 1.74. The molecule has 0 aliphatic heterocycles. The molecule has 0 saturated heterocycles. The number of carbonyl (C=O) groups is 1. The first-order chi connectivity index (χ1) is 12.1. The van der Waals surface area contributed by atoms with Crippen molar-refractivity contribution in [3.8, 4) is 6.07 Å². The number of aromatic nitrogens is 2. The summed E-state index contributed by atoms with van der Waals surface area (Å²) in [7, 11) is 0. The van der Waals surface area contributed by atoms with Gasteiger partial charge in [0.25, 0.3) is 5.91 Å². The van der Waals surface area contributed by atoms with Crippen LogP contribution in [0.15, 0.2) is 60.9 Å². The normalized spacial score (nSPS) is 9.92. The van der Waals surface area contributed by atoms with Crippen molar-refractivity contribution >= 4 is 34.7 Å². The van der Waals surface area contributed by atoms with Gasteiger partial charge in [0.2, 0.25) is 0 Å². The van der Waals surface area contributed by atoms with Gasteiger partial charge in [0.05, 0.1) is 11.6 Å². The first-order valence-corrected chi connectivity index (χ1v) is 7.68. The van der Waals surface area contributed by atoms with E-state index in [-0.39, 0.29) is 11.6 Å². The summed E-state index contributed by atoms with van der Waals surface area (Å²) in [6, 6.07) is 17.3. The Morgan fingerprint density at radius 2 is 1.84 bits per heavy atom. The Labute approximate surface area is 149 Å². The van der Waals surface area contributed by atoms with Crippen molar-refractivity contribution in [1.82, 2.24) is 9.97 Å². The number of halogens is 1. The lowest BCUT2D eigenvalue weighted by Gasteiger charge is -2.08. The van der Waals surface area contributed by atoms with E-state index < -0.39 is 0 Å². The highest BCUT2D eigenvalue weighted by atomic mass is 35.5. The summed E-state index contributed by atoms with van der Waals surface area (Å²) in [6.07, 6.45) is 1.30. The molecular formula is C18H12ClN5O. The number of benzene rings is 2. The predicted octanol–water partition coefficient (Wildman–Crippen LogP) is 4.00. The quantitative estimate of drug-likeness (QED) is 0.743. The molecule has 0 unspecified atom stereocenters. The minimum atomic E-state index is -0.368. The van der Waals surface area contributed by atoms with Gasteiger partial charge < -0.3 is 10.6 Å². The van der Waals surface area contributed by atoms with Crippen LogP contribution in [0.4, 0.5) is 17.2 Å². The zero-order valence-corrected chi connectivity index (χ0v) is 13.7. The second kappa shape index (κ2) is 7.43. The maximum atomic E-state index is 12.3. The summed E-state index contributed by atoms with van der Waals surface area (Å²) in [4.78, 5) is 20.4. The number of amides is 1. The third-order valence-corrected chi connectivity index (χ3v) is 3.50. The number of hydrogen-bond acceptors (Lipinski definition) is 5. The molecule has 0 aliphatic rings. The lowest BCUT2D eigenvalue weighted by Crippen LogP contribution is -2.14. The number of carbonyl (C=O) groups excluding carboxylic acids is 1. The molecule has 3 rings (SSSR count). The van der Waals surface area contributed by atoms with Crippen LogP contribution in [0.1, 0.15) is 16.1 Å². The van der Waals surface area contributed by atoms with Crippen molar-refractivity contribution < 1.29 is 4.79 Å². The smallest absolute Gasteiger partial charge is 0.274 e. The molecule has 2 N–H and O–H groups in total. The van der Waals surface area contributed by atoms with E-state index in [2.05, 4.69) is 26.7 Å². The van der Waals surface area contributed by atoms with Crippen LogP contribution in [0.5, 0.6) is 0 Å². The van der Waals surface area contributed by atoms with Gasteiger partial charge in [-0.3, -0.25) is 4.79 Å². The Morgan fingerprint density at radius 1 is 1.04 bits per heavy atom. The molecule has 0 fully saturated rings. The first-order valence-electron chi connectivity index (χ1n) is 7.30. The second-order valence-electron chi connectivity index (χ2n) is 5.07. The van der Waals surface area contributed by atoms with E-state index >= 15 is 0 Å². The molecule has 1 heterocycles. The summed E-state index contributed by atoms with van der Waals surface area (Å²) >= 11 is 5.90. The van der Waals surface area contributed by atoms with Crippen molar-refractivity contribution in [2.24, 2.45) is 0 Å². The zero-order chi connectivity index (χ0) is 17.6. The number of hydrogen-bond donors (Lipinski definition) is 2. The van der Waals surface area contributed by atoms with Gasteiger partial charge in [0.1, 0.15) is 17.8 Å². The van der Waals surface area contributed by atoms with Gasteiger partial charge in [-0.2, -0.15) is 5.26 Å². The van der Waals surface area contributed by atoms with Crippen molar-refractivity contribution in [3.63, 3.8) is 0 Å². The molecule has 0 radical (unpaired) electrons. The van der Waals surface area contributed by atoms with Crippen molar-refractivity contribution in [1.29, 1.82) is 5.26 Å². The number of rotatable bonds is 4. The first kappa shape index (κ1) is 16.4. The van der Waals surface area contributed by atoms with E-state index in [9.17, 15) is 4.79 Å². The topological polar surface area (TPSA) is 90.7 Å². The predicted molar refractivity (Wildman–Crippen MR) is 95.9 cm³/mol. The molecule has 0 bridgehead atoms. The Morgan fingerprint density at radius 3 is 2.56 bits per heavy atom. The lowest BCUT2D eigenvalue weighted by atomic mass is 10.2. The van der Waals surface area contributed by atoms with E-state index in [1.54, 1.807) is 48.5 Å². The third-order valence-electron chi connectivity index (χ3n) is 3.27. The number of anilines is 3. The van der Waals surface area contributed by atoms with Crippen molar-refractivity contribution in [3.05, 3.63) is 77.2 Å². The Kier molecular flexibility index (Phi) is 4.88. The van der Waals surface area contributed by atoms with Gasteiger partial charge in [0, 0.05) is 22.5 Å². The molecule has 6 nitrogen and oxygen atoms in total. The fraction of sp³-hybridized carbons (Fsp3) is 0. The van der Waals surface area contributed by atoms with Gasteiger partial charge in [-0.05, 0) is 42.5 Å². The molecule has 0 atom stereocenters. The van der Waals surface area contributed by atoms with Crippen molar-refractivity contribution in [2.75, 3.05) is 10.6 Å². The van der Waals surface area contributed by atoms with Gasteiger partial charge in [0.15, 0.2) is 0 Å². The lowest BCUT2D eigenvalue weighted by molar-refractivity contribution is 0.102. The van der Waals surface area contributed by atoms with E-state index in [1.807, 2.05) is 0 Å². The second-order valence-corrected chi connectivity index (χ2v) is 5.50.